The van der Waals surface area contributed by atoms with Crippen LogP contribution in [0.3, 0.4) is 0 Å². The van der Waals surface area contributed by atoms with E-state index >= 15 is 0 Å². The van der Waals surface area contributed by atoms with Crippen LogP contribution in [0.25, 0.3) is 0 Å². The number of anilines is 1. The molecule has 8 heteroatoms. The molecule has 1 aromatic rings. The molecule has 4 aliphatic heterocycles. The zero-order chi connectivity index (χ0) is 24.9. The van der Waals surface area contributed by atoms with Crippen LogP contribution in [0.4, 0.5) is 5.69 Å². The zero-order valence-electron chi connectivity index (χ0n) is 21.4. The molecule has 0 bridgehead atoms. The highest BCUT2D eigenvalue weighted by atomic mass is 16.2. The van der Waals surface area contributed by atoms with E-state index in [1.54, 1.807) is 4.90 Å². The lowest BCUT2D eigenvalue weighted by Gasteiger charge is -2.42. The number of amides is 3. The van der Waals surface area contributed by atoms with Gasteiger partial charge in [-0.2, -0.15) is 0 Å². The molecule has 2 N–H and O–H groups in total. The van der Waals surface area contributed by atoms with E-state index in [0.717, 1.165) is 75.7 Å². The number of hydrogen-bond donors (Lipinski definition) is 2. The quantitative estimate of drug-likeness (QED) is 0.609. The standard InChI is InChI=1S/C28H39N5O3/c1-19-16-31(13-14-32(19)18-20-7-11-29-12-8-20)17-21-3-4-23-22(15-21)28(9-2-10-28)27(36)33(23)24-5-6-25(34)30-26(24)35/h3-4,15,19-20,24,29H,2,5-14,16-18H2,1H3,(H,30,34,35)/t19-,24?/m0/s1. The third-order valence-corrected chi connectivity index (χ3v) is 9.40. The van der Waals surface area contributed by atoms with E-state index in [1.165, 1.54) is 24.9 Å². The zero-order valence-corrected chi connectivity index (χ0v) is 21.4. The molecule has 0 radical (unpaired) electrons. The average Bonchev–Trinajstić information content (AvgIpc) is 3.09. The molecule has 3 saturated heterocycles. The highest BCUT2D eigenvalue weighted by molar-refractivity contribution is 6.14. The fraction of sp³-hybridized carbons (Fsp3) is 0.679. The van der Waals surface area contributed by atoms with Crippen LogP contribution in [0.2, 0.25) is 0 Å². The maximum Gasteiger partial charge on any atom is 0.249 e. The second-order valence-electron chi connectivity index (χ2n) is 11.7. The summed E-state index contributed by atoms with van der Waals surface area (Å²) in [6, 6.07) is 6.38. The van der Waals surface area contributed by atoms with E-state index in [1.807, 2.05) is 0 Å². The first kappa shape index (κ1) is 24.1. The molecule has 8 nitrogen and oxygen atoms in total. The topological polar surface area (TPSA) is 85.0 Å². The van der Waals surface area contributed by atoms with Gasteiger partial charge in [0.15, 0.2) is 0 Å². The van der Waals surface area contributed by atoms with E-state index < -0.39 is 11.5 Å². The van der Waals surface area contributed by atoms with E-state index in [2.05, 4.69) is 45.6 Å². The lowest BCUT2D eigenvalue weighted by molar-refractivity contribution is -0.136. The number of piperazine rings is 1. The van der Waals surface area contributed by atoms with Crippen LogP contribution in [0.5, 0.6) is 0 Å². The SMILES string of the molecule is C[C@H]1CN(Cc2ccc3c(c2)C2(CCC2)C(=O)N3C2CCC(=O)NC2=O)CCN1CC1CCNCC1. The van der Waals surface area contributed by atoms with Crippen LogP contribution in [0, 0.1) is 5.92 Å². The van der Waals surface area contributed by atoms with Gasteiger partial charge < -0.3 is 5.32 Å². The molecule has 2 atom stereocenters. The monoisotopic (exact) mass is 493 g/mol. The van der Waals surface area contributed by atoms with Crippen molar-refractivity contribution in [2.45, 2.75) is 75.9 Å². The van der Waals surface area contributed by atoms with Crippen molar-refractivity contribution in [1.29, 1.82) is 0 Å². The number of nitrogens with zero attached hydrogens (tertiary/aromatic N) is 3. The Morgan fingerprint density at radius 2 is 1.86 bits per heavy atom. The molecule has 1 aliphatic carbocycles. The Kier molecular flexibility index (Phi) is 6.38. The highest BCUT2D eigenvalue weighted by Gasteiger charge is 2.57. The van der Waals surface area contributed by atoms with E-state index in [9.17, 15) is 14.4 Å². The minimum atomic E-state index is -0.589. The van der Waals surface area contributed by atoms with Crippen molar-refractivity contribution in [2.75, 3.05) is 44.2 Å². The van der Waals surface area contributed by atoms with Crippen LogP contribution in [-0.2, 0) is 26.3 Å². The van der Waals surface area contributed by atoms with Crippen molar-refractivity contribution in [3.8, 4) is 0 Å². The number of nitrogens with one attached hydrogen (secondary N) is 2. The van der Waals surface area contributed by atoms with Crippen LogP contribution < -0.4 is 15.5 Å². The molecule has 1 aromatic carbocycles. The molecule has 3 amide bonds. The lowest BCUT2D eigenvalue weighted by atomic mass is 9.65. The molecule has 1 spiro atoms. The largest absolute Gasteiger partial charge is 0.317 e. The number of carbonyl (C=O) groups is 3. The van der Waals surface area contributed by atoms with Crippen molar-refractivity contribution in [2.24, 2.45) is 5.92 Å². The van der Waals surface area contributed by atoms with E-state index in [0.29, 0.717) is 12.5 Å². The van der Waals surface area contributed by atoms with Gasteiger partial charge in [0, 0.05) is 50.9 Å². The van der Waals surface area contributed by atoms with Gasteiger partial charge in [-0.3, -0.25) is 34.4 Å². The number of piperidine rings is 2. The molecule has 1 saturated carbocycles. The van der Waals surface area contributed by atoms with Gasteiger partial charge in [-0.05, 0) is 75.2 Å². The Bertz CT molecular complexity index is 1050. The van der Waals surface area contributed by atoms with Gasteiger partial charge in [0.05, 0.1) is 5.41 Å². The van der Waals surface area contributed by atoms with Crippen LogP contribution in [0.1, 0.15) is 63.0 Å². The van der Waals surface area contributed by atoms with Gasteiger partial charge in [0.2, 0.25) is 17.7 Å². The van der Waals surface area contributed by atoms with Crippen molar-refractivity contribution in [3.05, 3.63) is 29.3 Å². The van der Waals surface area contributed by atoms with Crippen molar-refractivity contribution >= 4 is 23.4 Å². The maximum atomic E-state index is 13.7. The third-order valence-electron chi connectivity index (χ3n) is 9.40. The molecule has 4 fully saturated rings. The van der Waals surface area contributed by atoms with Crippen molar-refractivity contribution in [3.63, 3.8) is 0 Å². The number of rotatable bonds is 5. The Hall–Kier alpha value is -2.29. The second-order valence-corrected chi connectivity index (χ2v) is 11.7. The van der Waals surface area contributed by atoms with Crippen LogP contribution in [0.15, 0.2) is 18.2 Å². The first-order valence-corrected chi connectivity index (χ1v) is 13.9. The van der Waals surface area contributed by atoms with Crippen molar-refractivity contribution in [1.82, 2.24) is 20.4 Å². The Morgan fingerprint density at radius 3 is 2.56 bits per heavy atom. The molecule has 4 heterocycles. The van der Waals surface area contributed by atoms with Gasteiger partial charge in [0.1, 0.15) is 6.04 Å². The minimum Gasteiger partial charge on any atom is -0.317 e. The van der Waals surface area contributed by atoms with E-state index in [-0.39, 0.29) is 24.1 Å². The summed E-state index contributed by atoms with van der Waals surface area (Å²) in [7, 11) is 0. The van der Waals surface area contributed by atoms with Gasteiger partial charge in [0.25, 0.3) is 0 Å². The van der Waals surface area contributed by atoms with Gasteiger partial charge in [-0.1, -0.05) is 18.6 Å². The Labute approximate surface area is 213 Å². The molecular weight excluding hydrogens is 454 g/mol. The number of hydrogen-bond acceptors (Lipinski definition) is 6. The molecule has 0 aromatic heterocycles. The Morgan fingerprint density at radius 1 is 1.06 bits per heavy atom. The molecule has 194 valence electrons. The minimum absolute atomic E-state index is 0.0514. The van der Waals surface area contributed by atoms with Gasteiger partial charge in [-0.25, -0.2) is 0 Å². The summed E-state index contributed by atoms with van der Waals surface area (Å²) in [5.41, 5.74) is 2.74. The molecule has 5 aliphatic rings. The molecule has 1 unspecified atom stereocenters. The number of imide groups is 1. The average molecular weight is 494 g/mol. The van der Waals surface area contributed by atoms with Gasteiger partial charge >= 0.3 is 0 Å². The highest BCUT2D eigenvalue weighted by Crippen LogP contribution is 2.54. The lowest BCUT2D eigenvalue weighted by Crippen LogP contribution is -2.56. The van der Waals surface area contributed by atoms with Crippen LogP contribution in [-0.4, -0.2) is 78.9 Å². The summed E-state index contributed by atoms with van der Waals surface area (Å²) in [4.78, 5) is 44.9. The van der Waals surface area contributed by atoms with Crippen LogP contribution >= 0.6 is 0 Å². The summed E-state index contributed by atoms with van der Waals surface area (Å²) in [5.74, 6) is 0.278. The first-order chi connectivity index (χ1) is 17.4. The summed E-state index contributed by atoms with van der Waals surface area (Å²) < 4.78 is 0. The predicted molar refractivity (Wildman–Crippen MR) is 138 cm³/mol. The van der Waals surface area contributed by atoms with Gasteiger partial charge in [-0.15, -0.1) is 0 Å². The summed E-state index contributed by atoms with van der Waals surface area (Å²) in [5, 5.41) is 5.91. The number of carbonyl (C=O) groups excluding carboxylic acids is 3. The summed E-state index contributed by atoms with van der Waals surface area (Å²) in [6.45, 7) is 10.0. The first-order valence-electron chi connectivity index (χ1n) is 13.9. The summed E-state index contributed by atoms with van der Waals surface area (Å²) >= 11 is 0. The molecule has 36 heavy (non-hydrogen) atoms. The maximum absolute atomic E-state index is 13.7. The summed E-state index contributed by atoms with van der Waals surface area (Å²) in [6.07, 6.45) is 5.98. The fourth-order valence-electron chi connectivity index (χ4n) is 7.12. The number of fused-ring (bicyclic) bond motifs is 2. The van der Waals surface area contributed by atoms with Crippen molar-refractivity contribution < 1.29 is 14.4 Å². The Balaban J connectivity index is 1.16. The van der Waals surface area contributed by atoms with E-state index in [4.69, 9.17) is 0 Å². The fourth-order valence-corrected chi connectivity index (χ4v) is 7.12. The predicted octanol–water partition coefficient (Wildman–Crippen LogP) is 1.77. The molecule has 6 rings (SSSR count). The normalized spacial score (nSPS) is 29.4. The number of benzene rings is 1. The molecular formula is C28H39N5O3. The third kappa shape index (κ3) is 4.17. The second kappa shape index (κ2) is 9.54. The smallest absolute Gasteiger partial charge is 0.249 e.